The molecule has 0 aromatic heterocycles. The van der Waals surface area contributed by atoms with Crippen LogP contribution in [0.5, 0.6) is 5.75 Å². The molecule has 0 spiro atoms. The standard InChI is InChI=1S/C17H16ClN3O/c18-14-1-6-17(13(11-14)12-19)21-9-7-20(8-10-21)15-2-4-16(22)5-3-15/h1-6,11,22H,7-10H2. The van der Waals surface area contributed by atoms with Gasteiger partial charge in [0.15, 0.2) is 0 Å². The molecule has 1 heterocycles. The molecule has 0 radical (unpaired) electrons. The molecule has 2 aromatic rings. The lowest BCUT2D eigenvalue weighted by Gasteiger charge is -2.37. The maximum Gasteiger partial charge on any atom is 0.115 e. The number of piperazine rings is 1. The minimum Gasteiger partial charge on any atom is -0.508 e. The summed E-state index contributed by atoms with van der Waals surface area (Å²) in [6.07, 6.45) is 0. The fourth-order valence-electron chi connectivity index (χ4n) is 2.74. The van der Waals surface area contributed by atoms with Crippen molar-refractivity contribution in [1.29, 1.82) is 5.26 Å². The normalized spacial score (nSPS) is 14.7. The highest BCUT2D eigenvalue weighted by Crippen LogP contribution is 2.26. The molecule has 3 rings (SSSR count). The highest BCUT2D eigenvalue weighted by atomic mass is 35.5. The summed E-state index contributed by atoms with van der Waals surface area (Å²) in [6, 6.07) is 14.9. The number of phenolic OH excluding ortho intramolecular Hbond substituents is 1. The molecule has 0 saturated carbocycles. The number of rotatable bonds is 2. The molecule has 0 unspecified atom stereocenters. The molecule has 1 fully saturated rings. The molecule has 1 aliphatic rings. The Balaban J connectivity index is 1.72. The van der Waals surface area contributed by atoms with Gasteiger partial charge in [-0.1, -0.05) is 11.6 Å². The quantitative estimate of drug-likeness (QED) is 0.924. The summed E-state index contributed by atoms with van der Waals surface area (Å²) in [7, 11) is 0. The number of hydrogen-bond acceptors (Lipinski definition) is 4. The molecule has 22 heavy (non-hydrogen) atoms. The van der Waals surface area contributed by atoms with Crippen LogP contribution in [0.25, 0.3) is 0 Å². The maximum absolute atomic E-state index is 9.36. The Morgan fingerprint density at radius 3 is 2.23 bits per heavy atom. The molecule has 5 heteroatoms. The van der Waals surface area contributed by atoms with Crippen LogP contribution in [0.2, 0.25) is 5.02 Å². The summed E-state index contributed by atoms with van der Waals surface area (Å²) in [5.41, 5.74) is 2.66. The molecular formula is C17H16ClN3O. The van der Waals surface area contributed by atoms with Crippen molar-refractivity contribution in [3.8, 4) is 11.8 Å². The van der Waals surface area contributed by atoms with Crippen LogP contribution in [0, 0.1) is 11.3 Å². The molecule has 4 nitrogen and oxygen atoms in total. The van der Waals surface area contributed by atoms with Crippen molar-refractivity contribution >= 4 is 23.0 Å². The van der Waals surface area contributed by atoms with Crippen molar-refractivity contribution in [2.45, 2.75) is 0 Å². The average molecular weight is 314 g/mol. The predicted molar refractivity (Wildman–Crippen MR) is 88.7 cm³/mol. The molecule has 112 valence electrons. The zero-order valence-electron chi connectivity index (χ0n) is 12.0. The second-order valence-corrected chi connectivity index (χ2v) is 5.70. The minimum atomic E-state index is 0.280. The summed E-state index contributed by atoms with van der Waals surface area (Å²) in [5.74, 6) is 0.280. The summed E-state index contributed by atoms with van der Waals surface area (Å²) in [4.78, 5) is 4.49. The van der Waals surface area contributed by atoms with E-state index in [1.165, 1.54) is 0 Å². The Labute approximate surface area is 134 Å². The molecule has 0 atom stereocenters. The van der Waals surface area contributed by atoms with Gasteiger partial charge in [0.05, 0.1) is 11.3 Å². The third-order valence-corrected chi connectivity index (χ3v) is 4.15. The van der Waals surface area contributed by atoms with E-state index >= 15 is 0 Å². The highest BCUT2D eigenvalue weighted by molar-refractivity contribution is 6.30. The molecule has 0 bridgehead atoms. The summed E-state index contributed by atoms with van der Waals surface area (Å²) in [6.45, 7) is 3.44. The fraction of sp³-hybridized carbons (Fsp3) is 0.235. The monoisotopic (exact) mass is 313 g/mol. The van der Waals surface area contributed by atoms with Gasteiger partial charge in [0, 0.05) is 36.9 Å². The van der Waals surface area contributed by atoms with E-state index in [4.69, 9.17) is 11.6 Å². The third-order valence-electron chi connectivity index (χ3n) is 3.91. The van der Waals surface area contributed by atoms with Crippen LogP contribution in [0.15, 0.2) is 42.5 Å². The van der Waals surface area contributed by atoms with E-state index in [0.29, 0.717) is 10.6 Å². The third kappa shape index (κ3) is 2.95. The molecule has 0 aliphatic carbocycles. The van der Waals surface area contributed by atoms with Crippen molar-refractivity contribution < 1.29 is 5.11 Å². The zero-order chi connectivity index (χ0) is 15.5. The topological polar surface area (TPSA) is 50.5 Å². The van der Waals surface area contributed by atoms with E-state index in [-0.39, 0.29) is 5.75 Å². The Hall–Kier alpha value is -2.38. The van der Waals surface area contributed by atoms with Gasteiger partial charge in [-0.2, -0.15) is 5.26 Å². The first-order valence-corrected chi connectivity index (χ1v) is 7.54. The van der Waals surface area contributed by atoms with E-state index in [9.17, 15) is 10.4 Å². The Morgan fingerprint density at radius 1 is 0.955 bits per heavy atom. The predicted octanol–water partition coefficient (Wildman–Crippen LogP) is 3.24. The van der Waals surface area contributed by atoms with Gasteiger partial charge in [-0.15, -0.1) is 0 Å². The van der Waals surface area contributed by atoms with Gasteiger partial charge >= 0.3 is 0 Å². The van der Waals surface area contributed by atoms with Crippen LogP contribution >= 0.6 is 11.6 Å². The van der Waals surface area contributed by atoms with Crippen LogP contribution in [0.4, 0.5) is 11.4 Å². The number of anilines is 2. The van der Waals surface area contributed by atoms with Crippen LogP contribution in [-0.2, 0) is 0 Å². The molecular weight excluding hydrogens is 298 g/mol. The van der Waals surface area contributed by atoms with Crippen molar-refractivity contribution in [3.63, 3.8) is 0 Å². The molecule has 2 aromatic carbocycles. The van der Waals surface area contributed by atoms with Crippen LogP contribution < -0.4 is 9.80 Å². The Morgan fingerprint density at radius 2 is 1.59 bits per heavy atom. The lowest BCUT2D eigenvalue weighted by atomic mass is 10.1. The maximum atomic E-state index is 9.36. The van der Waals surface area contributed by atoms with Gasteiger partial charge < -0.3 is 14.9 Å². The Kier molecular flexibility index (Phi) is 4.08. The fourth-order valence-corrected chi connectivity index (χ4v) is 2.91. The largest absolute Gasteiger partial charge is 0.508 e. The average Bonchev–Trinajstić information content (AvgIpc) is 2.56. The van der Waals surface area contributed by atoms with Gasteiger partial charge in [-0.25, -0.2) is 0 Å². The molecule has 1 saturated heterocycles. The number of aromatic hydroxyl groups is 1. The van der Waals surface area contributed by atoms with Crippen molar-refractivity contribution in [2.24, 2.45) is 0 Å². The van der Waals surface area contributed by atoms with Gasteiger partial charge in [-0.05, 0) is 42.5 Å². The minimum absolute atomic E-state index is 0.280. The second kappa shape index (κ2) is 6.17. The van der Waals surface area contributed by atoms with Gasteiger partial charge in [-0.3, -0.25) is 0 Å². The first-order valence-electron chi connectivity index (χ1n) is 7.16. The summed E-state index contributed by atoms with van der Waals surface area (Å²) >= 11 is 5.95. The number of nitrogens with zero attached hydrogens (tertiary/aromatic N) is 3. The number of nitriles is 1. The Bertz CT molecular complexity index is 701. The van der Waals surface area contributed by atoms with E-state index in [1.54, 1.807) is 18.2 Å². The van der Waals surface area contributed by atoms with Crippen LogP contribution in [-0.4, -0.2) is 31.3 Å². The molecule has 1 N–H and O–H groups in total. The summed E-state index contributed by atoms with van der Waals surface area (Å²) < 4.78 is 0. The first-order chi connectivity index (χ1) is 10.7. The van der Waals surface area contributed by atoms with Crippen molar-refractivity contribution in [2.75, 3.05) is 36.0 Å². The number of phenols is 1. The van der Waals surface area contributed by atoms with E-state index in [1.807, 2.05) is 24.3 Å². The summed E-state index contributed by atoms with van der Waals surface area (Å²) in [5, 5.41) is 19.2. The lowest BCUT2D eigenvalue weighted by Crippen LogP contribution is -2.46. The van der Waals surface area contributed by atoms with Crippen LogP contribution in [0.1, 0.15) is 5.56 Å². The molecule has 0 amide bonds. The zero-order valence-corrected chi connectivity index (χ0v) is 12.8. The first kappa shape index (κ1) is 14.6. The van der Waals surface area contributed by atoms with Gasteiger partial charge in [0.25, 0.3) is 0 Å². The number of benzene rings is 2. The van der Waals surface area contributed by atoms with E-state index in [2.05, 4.69) is 15.9 Å². The van der Waals surface area contributed by atoms with Crippen LogP contribution in [0.3, 0.4) is 0 Å². The SMILES string of the molecule is N#Cc1cc(Cl)ccc1N1CCN(c2ccc(O)cc2)CC1. The van der Waals surface area contributed by atoms with Crippen molar-refractivity contribution in [3.05, 3.63) is 53.1 Å². The van der Waals surface area contributed by atoms with Gasteiger partial charge in [0.2, 0.25) is 0 Å². The van der Waals surface area contributed by atoms with E-state index in [0.717, 1.165) is 37.6 Å². The highest BCUT2D eigenvalue weighted by Gasteiger charge is 2.19. The number of halogens is 1. The number of hydrogen-bond donors (Lipinski definition) is 1. The second-order valence-electron chi connectivity index (χ2n) is 5.26. The van der Waals surface area contributed by atoms with Crippen molar-refractivity contribution in [1.82, 2.24) is 0 Å². The molecule has 1 aliphatic heterocycles. The smallest absolute Gasteiger partial charge is 0.115 e. The van der Waals surface area contributed by atoms with Gasteiger partial charge in [0.1, 0.15) is 11.8 Å². The lowest BCUT2D eigenvalue weighted by molar-refractivity contribution is 0.475. The van der Waals surface area contributed by atoms with E-state index < -0.39 is 0 Å².